The summed E-state index contributed by atoms with van der Waals surface area (Å²) in [6.45, 7) is 7.07. The second-order valence-corrected chi connectivity index (χ2v) is 8.97. The first kappa shape index (κ1) is 15.4. The lowest BCUT2D eigenvalue weighted by Crippen LogP contribution is -2.99. The number of benzene rings is 1. The summed E-state index contributed by atoms with van der Waals surface area (Å²) >= 11 is 1.73. The Morgan fingerprint density at radius 2 is 2.00 bits per heavy atom. The van der Waals surface area contributed by atoms with Crippen LogP contribution in [-0.4, -0.2) is 15.2 Å². The molecule has 4 rings (SSSR count). The Kier molecular flexibility index (Phi) is 3.17. The Balaban J connectivity index is 1.60. The molecule has 0 radical (unpaired) electrons. The molecule has 2 saturated carbocycles. The summed E-state index contributed by atoms with van der Waals surface area (Å²) in [5, 5.41) is 24.3. The van der Waals surface area contributed by atoms with Gasteiger partial charge in [-0.15, -0.1) is 0 Å². The fraction of sp³-hybridized carbons (Fsp3) is 0.588. The summed E-state index contributed by atoms with van der Waals surface area (Å²) in [4.78, 5) is 5.79. The first-order valence-electron chi connectivity index (χ1n) is 8.08. The molecule has 5 nitrogen and oxygen atoms in total. The zero-order valence-corrected chi connectivity index (χ0v) is 14.4. The highest BCUT2D eigenvalue weighted by Crippen LogP contribution is 2.74. The van der Waals surface area contributed by atoms with Gasteiger partial charge in [-0.1, -0.05) is 37.7 Å². The number of rotatable bonds is 2. The number of fused-ring (bicyclic) bond motifs is 3. The van der Waals surface area contributed by atoms with Crippen LogP contribution in [0.15, 0.2) is 29.4 Å². The van der Waals surface area contributed by atoms with E-state index in [1.807, 2.05) is 12.1 Å². The van der Waals surface area contributed by atoms with E-state index in [1.54, 1.807) is 23.9 Å². The number of nitrogens with one attached hydrogen (secondary N) is 1. The molecule has 6 heteroatoms. The van der Waals surface area contributed by atoms with Crippen LogP contribution in [0.25, 0.3) is 0 Å². The van der Waals surface area contributed by atoms with Crippen molar-refractivity contribution < 1.29 is 15.3 Å². The summed E-state index contributed by atoms with van der Waals surface area (Å²) in [6, 6.07) is 6.88. The van der Waals surface area contributed by atoms with Gasteiger partial charge in [-0.2, -0.15) is 5.23 Å². The minimum absolute atomic E-state index is 0.113. The maximum absolute atomic E-state index is 11.0. The number of hydrogen-bond donors (Lipinski definition) is 2. The Hall–Kier alpha value is -1.08. The number of hydrogen-bond acceptors (Lipinski definition) is 5. The van der Waals surface area contributed by atoms with Crippen molar-refractivity contribution in [3.05, 3.63) is 35.0 Å². The molecule has 2 N–H and O–H groups in total. The van der Waals surface area contributed by atoms with Gasteiger partial charge in [0.1, 0.15) is 5.04 Å². The molecular weight excluding hydrogens is 312 g/mol. The molecule has 124 valence electrons. The van der Waals surface area contributed by atoms with Crippen LogP contribution in [0, 0.1) is 22.0 Å². The molecule has 1 heterocycles. The van der Waals surface area contributed by atoms with E-state index in [4.69, 9.17) is 10.0 Å². The van der Waals surface area contributed by atoms with E-state index in [9.17, 15) is 5.21 Å². The molecule has 1 unspecified atom stereocenters. The maximum Gasteiger partial charge on any atom is 0.194 e. The van der Waals surface area contributed by atoms with E-state index >= 15 is 0 Å². The minimum atomic E-state index is -0.910. The summed E-state index contributed by atoms with van der Waals surface area (Å²) in [7, 11) is 0. The molecule has 0 saturated heterocycles. The Morgan fingerprint density at radius 1 is 1.30 bits per heavy atom. The van der Waals surface area contributed by atoms with E-state index in [-0.39, 0.29) is 15.8 Å². The van der Waals surface area contributed by atoms with Crippen LogP contribution in [0.4, 0.5) is 5.69 Å². The molecule has 1 aliphatic heterocycles. The van der Waals surface area contributed by atoms with Crippen LogP contribution < -0.4 is 5.23 Å². The van der Waals surface area contributed by atoms with Crippen molar-refractivity contribution in [2.45, 2.75) is 45.0 Å². The monoisotopic (exact) mass is 334 g/mol. The average Bonchev–Trinajstić information content (AvgIpc) is 3.08. The number of thioether (sulfide) groups is 1. The van der Waals surface area contributed by atoms with Crippen LogP contribution >= 0.6 is 11.8 Å². The number of nitrogens with zero attached hydrogens (tertiary/aromatic N) is 1. The van der Waals surface area contributed by atoms with Gasteiger partial charge in [-0.25, -0.2) is 5.21 Å². The van der Waals surface area contributed by atoms with Gasteiger partial charge in [0.25, 0.3) is 0 Å². The predicted octanol–water partition coefficient (Wildman–Crippen LogP) is 3.06. The second kappa shape index (κ2) is 4.72. The molecule has 2 fully saturated rings. The van der Waals surface area contributed by atoms with Gasteiger partial charge in [-0.05, 0) is 36.3 Å². The minimum Gasteiger partial charge on any atom is -0.595 e. The SMILES string of the molecule is CC1(C)[C@H]2CC[C@]1(C)[C@]1(C2)ON=C(c2ccc([NH+]([O-])O)cc2)S1. The number of quaternary nitrogens is 1. The largest absolute Gasteiger partial charge is 0.595 e. The van der Waals surface area contributed by atoms with E-state index < -0.39 is 5.23 Å². The van der Waals surface area contributed by atoms with E-state index in [2.05, 4.69) is 25.9 Å². The lowest BCUT2D eigenvalue weighted by Gasteiger charge is -2.43. The summed E-state index contributed by atoms with van der Waals surface area (Å²) in [6.07, 6.45) is 3.50. The molecule has 0 amide bonds. The van der Waals surface area contributed by atoms with Crippen LogP contribution in [0.1, 0.15) is 45.6 Å². The summed E-state index contributed by atoms with van der Waals surface area (Å²) in [5.41, 5.74) is 1.60. The van der Waals surface area contributed by atoms with Crippen molar-refractivity contribution >= 4 is 22.5 Å². The van der Waals surface area contributed by atoms with Gasteiger partial charge in [0.2, 0.25) is 0 Å². The first-order valence-corrected chi connectivity index (χ1v) is 8.90. The van der Waals surface area contributed by atoms with Crippen LogP contribution in [0.5, 0.6) is 0 Å². The molecule has 3 aliphatic rings. The Morgan fingerprint density at radius 3 is 2.52 bits per heavy atom. The van der Waals surface area contributed by atoms with Crippen molar-refractivity contribution in [1.29, 1.82) is 0 Å². The topological polar surface area (TPSA) is 69.3 Å². The van der Waals surface area contributed by atoms with Crippen LogP contribution in [0.3, 0.4) is 0 Å². The lowest BCUT2D eigenvalue weighted by atomic mass is 9.69. The maximum atomic E-state index is 11.0. The molecule has 2 bridgehead atoms. The molecule has 4 atom stereocenters. The van der Waals surface area contributed by atoms with E-state index in [1.165, 1.54) is 12.8 Å². The molecular formula is C17H22N2O3S. The molecule has 2 aliphatic carbocycles. The fourth-order valence-electron chi connectivity index (χ4n) is 4.65. The van der Waals surface area contributed by atoms with Crippen molar-refractivity contribution in [3.63, 3.8) is 0 Å². The summed E-state index contributed by atoms with van der Waals surface area (Å²) < 4.78 is 0. The molecule has 0 aromatic heterocycles. The molecule has 1 aromatic carbocycles. The van der Waals surface area contributed by atoms with Crippen LogP contribution in [-0.2, 0) is 4.84 Å². The summed E-state index contributed by atoms with van der Waals surface area (Å²) in [5.74, 6) is 0.684. The zero-order valence-electron chi connectivity index (χ0n) is 13.6. The predicted molar refractivity (Wildman–Crippen MR) is 89.4 cm³/mol. The Labute approximate surface area is 140 Å². The third kappa shape index (κ3) is 1.89. The van der Waals surface area contributed by atoms with Gasteiger partial charge in [-0.3, -0.25) is 0 Å². The van der Waals surface area contributed by atoms with Crippen molar-refractivity contribution in [2.24, 2.45) is 21.9 Å². The molecule has 1 aromatic rings. The van der Waals surface area contributed by atoms with Crippen molar-refractivity contribution in [3.8, 4) is 0 Å². The number of oxime groups is 1. The zero-order chi connectivity index (χ0) is 16.5. The first-order chi connectivity index (χ1) is 10.8. The van der Waals surface area contributed by atoms with Gasteiger partial charge < -0.3 is 10.0 Å². The highest BCUT2D eigenvalue weighted by atomic mass is 32.2. The van der Waals surface area contributed by atoms with E-state index in [0.717, 1.165) is 17.0 Å². The highest BCUT2D eigenvalue weighted by Gasteiger charge is 2.72. The smallest absolute Gasteiger partial charge is 0.194 e. The van der Waals surface area contributed by atoms with Gasteiger partial charge in [0.05, 0.1) is 0 Å². The second-order valence-electron chi connectivity index (χ2n) is 7.72. The molecule has 1 spiro atoms. The quantitative estimate of drug-likeness (QED) is 0.816. The third-order valence-corrected chi connectivity index (χ3v) is 8.23. The highest BCUT2D eigenvalue weighted by molar-refractivity contribution is 8.15. The lowest BCUT2D eigenvalue weighted by molar-refractivity contribution is -0.991. The van der Waals surface area contributed by atoms with Gasteiger partial charge >= 0.3 is 0 Å². The normalized spacial score (nSPS) is 38.7. The van der Waals surface area contributed by atoms with Gasteiger partial charge in [0, 0.05) is 29.5 Å². The van der Waals surface area contributed by atoms with Crippen LogP contribution in [0.2, 0.25) is 0 Å². The average molecular weight is 334 g/mol. The van der Waals surface area contributed by atoms with Crippen molar-refractivity contribution in [2.75, 3.05) is 0 Å². The molecule has 23 heavy (non-hydrogen) atoms. The standard InChI is InChI=1S/C17H22N2O3S/c1-15(2)12-8-9-16(15,3)17(10-12)22-18-14(23-17)11-4-6-13(7-5-11)19(20)21/h4-7,12,19-20H,8-10H2,1-3H3/t12-,16-,17+/m0/s1. The Bertz CT molecular complexity index is 673. The van der Waals surface area contributed by atoms with E-state index in [0.29, 0.717) is 11.6 Å². The third-order valence-electron chi connectivity index (χ3n) is 6.71. The van der Waals surface area contributed by atoms with Gasteiger partial charge in [0.15, 0.2) is 10.6 Å². The fourth-order valence-corrected chi connectivity index (χ4v) is 6.24. The van der Waals surface area contributed by atoms with Crippen molar-refractivity contribution in [1.82, 2.24) is 0 Å².